The molecular weight excluding hydrogens is 294 g/mol. The second-order valence-electron chi connectivity index (χ2n) is 4.62. The number of aromatic nitrogens is 5. The fourth-order valence-electron chi connectivity index (χ4n) is 1.75. The van der Waals surface area contributed by atoms with Crippen molar-refractivity contribution in [1.82, 2.24) is 24.7 Å². The lowest BCUT2D eigenvalue weighted by molar-refractivity contribution is 0.597. The molecule has 0 aliphatic carbocycles. The Labute approximate surface area is 122 Å². The number of hydrogen-bond acceptors (Lipinski definition) is 8. The molecule has 2 heterocycles. The Kier molecular flexibility index (Phi) is 4.36. The highest BCUT2D eigenvalue weighted by molar-refractivity contribution is 7.90. The van der Waals surface area contributed by atoms with Gasteiger partial charge in [-0.2, -0.15) is 20.1 Å². The molecule has 0 aliphatic heterocycles. The van der Waals surface area contributed by atoms with Gasteiger partial charge in [0.15, 0.2) is 0 Å². The van der Waals surface area contributed by atoms with Gasteiger partial charge in [0.2, 0.25) is 11.9 Å². The van der Waals surface area contributed by atoms with Crippen molar-refractivity contribution in [2.45, 2.75) is 13.0 Å². The molecule has 10 heteroatoms. The SMILES string of the molecule is CNc1nc(NC(C)CS(C)(=O)=O)nc(-n2cccn2)n1. The van der Waals surface area contributed by atoms with Gasteiger partial charge in [-0.05, 0) is 13.0 Å². The molecule has 2 N–H and O–H groups in total. The zero-order valence-corrected chi connectivity index (χ0v) is 12.8. The molecule has 0 bridgehead atoms. The minimum Gasteiger partial charge on any atom is -0.357 e. The first-order valence-corrected chi connectivity index (χ1v) is 8.31. The maximum atomic E-state index is 11.3. The second kappa shape index (κ2) is 6.04. The smallest absolute Gasteiger partial charge is 0.257 e. The molecule has 114 valence electrons. The summed E-state index contributed by atoms with van der Waals surface area (Å²) in [6, 6.07) is 1.43. The number of anilines is 2. The van der Waals surface area contributed by atoms with Gasteiger partial charge in [0.25, 0.3) is 5.95 Å². The van der Waals surface area contributed by atoms with Gasteiger partial charge in [-0.3, -0.25) is 0 Å². The van der Waals surface area contributed by atoms with Gasteiger partial charge >= 0.3 is 0 Å². The quantitative estimate of drug-likeness (QED) is 0.762. The van der Waals surface area contributed by atoms with E-state index in [0.29, 0.717) is 11.9 Å². The number of hydrogen-bond donors (Lipinski definition) is 2. The van der Waals surface area contributed by atoms with Crippen LogP contribution in [0.25, 0.3) is 5.95 Å². The normalized spacial score (nSPS) is 12.9. The first-order valence-electron chi connectivity index (χ1n) is 6.25. The summed E-state index contributed by atoms with van der Waals surface area (Å²) in [5.74, 6) is 0.985. The molecule has 0 aliphatic rings. The molecule has 2 aromatic heterocycles. The summed E-state index contributed by atoms with van der Waals surface area (Å²) in [5, 5.41) is 9.84. The van der Waals surface area contributed by atoms with E-state index in [1.807, 2.05) is 0 Å². The van der Waals surface area contributed by atoms with Crippen LogP contribution in [0.3, 0.4) is 0 Å². The van der Waals surface area contributed by atoms with Crippen molar-refractivity contribution in [2.24, 2.45) is 0 Å². The molecular formula is C11H17N7O2S. The van der Waals surface area contributed by atoms with Gasteiger partial charge in [-0.15, -0.1) is 0 Å². The third-order valence-electron chi connectivity index (χ3n) is 2.48. The van der Waals surface area contributed by atoms with E-state index in [0.717, 1.165) is 0 Å². The van der Waals surface area contributed by atoms with Crippen molar-refractivity contribution in [3.05, 3.63) is 18.5 Å². The maximum Gasteiger partial charge on any atom is 0.257 e. The Morgan fingerprint density at radius 1 is 1.29 bits per heavy atom. The molecule has 9 nitrogen and oxygen atoms in total. The highest BCUT2D eigenvalue weighted by atomic mass is 32.2. The topological polar surface area (TPSA) is 115 Å². The van der Waals surface area contributed by atoms with E-state index in [1.165, 1.54) is 10.9 Å². The summed E-state index contributed by atoms with van der Waals surface area (Å²) < 4.78 is 24.1. The largest absolute Gasteiger partial charge is 0.357 e. The minimum atomic E-state index is -3.08. The van der Waals surface area contributed by atoms with E-state index in [4.69, 9.17) is 0 Å². The number of nitrogens with zero attached hydrogens (tertiary/aromatic N) is 5. The molecule has 0 amide bonds. The summed E-state index contributed by atoms with van der Waals surface area (Å²) in [6.45, 7) is 1.75. The van der Waals surface area contributed by atoms with Crippen LogP contribution in [0.2, 0.25) is 0 Å². The van der Waals surface area contributed by atoms with E-state index >= 15 is 0 Å². The van der Waals surface area contributed by atoms with E-state index in [-0.39, 0.29) is 17.7 Å². The fourth-order valence-corrected chi connectivity index (χ4v) is 2.74. The molecule has 0 aromatic carbocycles. The first kappa shape index (κ1) is 15.2. The van der Waals surface area contributed by atoms with Crippen LogP contribution in [-0.4, -0.2) is 58.2 Å². The van der Waals surface area contributed by atoms with Gasteiger partial charge in [0.05, 0.1) is 5.75 Å². The van der Waals surface area contributed by atoms with E-state index in [1.54, 1.807) is 32.4 Å². The maximum absolute atomic E-state index is 11.3. The Morgan fingerprint density at radius 2 is 2.00 bits per heavy atom. The third-order valence-corrected chi connectivity index (χ3v) is 3.59. The predicted molar refractivity (Wildman–Crippen MR) is 79.3 cm³/mol. The van der Waals surface area contributed by atoms with Crippen LogP contribution in [0.1, 0.15) is 6.92 Å². The standard InChI is InChI=1S/C11H17N7O2S/c1-8(7-21(3,19)20)14-10-15-9(12-2)16-11(17-10)18-6-4-5-13-18/h4-6,8H,7H2,1-3H3,(H2,12,14,15,16,17). The molecule has 0 saturated heterocycles. The Morgan fingerprint density at radius 3 is 2.57 bits per heavy atom. The average Bonchev–Trinajstić information content (AvgIpc) is 2.89. The Balaban J connectivity index is 2.25. The van der Waals surface area contributed by atoms with Gasteiger partial charge in [-0.25, -0.2) is 13.1 Å². The summed E-state index contributed by atoms with van der Waals surface area (Å²) >= 11 is 0. The van der Waals surface area contributed by atoms with Gasteiger partial charge in [0.1, 0.15) is 9.84 Å². The highest BCUT2D eigenvalue weighted by Crippen LogP contribution is 2.09. The molecule has 0 fully saturated rings. The summed E-state index contributed by atoms with van der Waals surface area (Å²) in [5.41, 5.74) is 0. The molecule has 0 radical (unpaired) electrons. The van der Waals surface area contributed by atoms with Crippen molar-refractivity contribution in [2.75, 3.05) is 29.7 Å². The van der Waals surface area contributed by atoms with E-state index in [2.05, 4.69) is 30.7 Å². The van der Waals surface area contributed by atoms with Crippen molar-refractivity contribution < 1.29 is 8.42 Å². The lowest BCUT2D eigenvalue weighted by atomic mass is 10.4. The number of rotatable bonds is 6. The zero-order chi connectivity index (χ0) is 15.5. The molecule has 1 atom stereocenters. The Bertz CT molecular complexity index is 699. The van der Waals surface area contributed by atoms with Crippen LogP contribution in [0.4, 0.5) is 11.9 Å². The van der Waals surface area contributed by atoms with Crippen LogP contribution in [-0.2, 0) is 9.84 Å². The summed E-state index contributed by atoms with van der Waals surface area (Å²) in [4.78, 5) is 12.6. The van der Waals surface area contributed by atoms with Crippen LogP contribution in [0.5, 0.6) is 0 Å². The summed E-state index contributed by atoms with van der Waals surface area (Å²) in [7, 11) is -1.39. The second-order valence-corrected chi connectivity index (χ2v) is 6.81. The van der Waals surface area contributed by atoms with Gasteiger partial charge in [-0.1, -0.05) is 0 Å². The monoisotopic (exact) mass is 311 g/mol. The molecule has 1 unspecified atom stereocenters. The molecule has 21 heavy (non-hydrogen) atoms. The fraction of sp³-hybridized carbons (Fsp3) is 0.455. The van der Waals surface area contributed by atoms with Gasteiger partial charge in [0, 0.05) is 31.7 Å². The lowest BCUT2D eigenvalue weighted by Crippen LogP contribution is -2.26. The third kappa shape index (κ3) is 4.38. The molecule has 2 rings (SSSR count). The van der Waals surface area contributed by atoms with E-state index < -0.39 is 9.84 Å². The molecule has 0 saturated carbocycles. The van der Waals surface area contributed by atoms with Crippen molar-refractivity contribution in [3.8, 4) is 5.95 Å². The highest BCUT2D eigenvalue weighted by Gasteiger charge is 2.13. The van der Waals surface area contributed by atoms with E-state index in [9.17, 15) is 8.42 Å². The molecule has 2 aromatic rings. The van der Waals surface area contributed by atoms with Crippen LogP contribution in [0.15, 0.2) is 18.5 Å². The first-order chi connectivity index (χ1) is 9.87. The minimum absolute atomic E-state index is 0.00925. The predicted octanol–water partition coefficient (Wildman–Crippen LogP) is -0.0560. The van der Waals surface area contributed by atoms with Crippen LogP contribution >= 0.6 is 0 Å². The molecule has 0 spiro atoms. The average molecular weight is 311 g/mol. The van der Waals surface area contributed by atoms with Crippen molar-refractivity contribution in [1.29, 1.82) is 0 Å². The van der Waals surface area contributed by atoms with Crippen molar-refractivity contribution in [3.63, 3.8) is 0 Å². The lowest BCUT2D eigenvalue weighted by Gasteiger charge is -2.13. The van der Waals surface area contributed by atoms with Crippen LogP contribution in [0, 0.1) is 0 Å². The number of nitrogens with one attached hydrogen (secondary N) is 2. The summed E-state index contributed by atoms with van der Waals surface area (Å²) in [6.07, 6.45) is 4.51. The van der Waals surface area contributed by atoms with Crippen molar-refractivity contribution >= 4 is 21.7 Å². The zero-order valence-electron chi connectivity index (χ0n) is 12.0. The number of sulfone groups is 1. The Hall–Kier alpha value is -2.23. The van der Waals surface area contributed by atoms with Gasteiger partial charge < -0.3 is 10.6 Å². The van der Waals surface area contributed by atoms with Crippen LogP contribution < -0.4 is 10.6 Å².